The van der Waals surface area contributed by atoms with E-state index in [1.807, 2.05) is 36.4 Å². The Morgan fingerprint density at radius 3 is 2.49 bits per heavy atom. The summed E-state index contributed by atoms with van der Waals surface area (Å²) in [4.78, 5) is 16.9. The maximum Gasteiger partial charge on any atom is 0.264 e. The van der Waals surface area contributed by atoms with E-state index in [0.29, 0.717) is 52.6 Å². The number of halogens is 3. The molecular weight excluding hydrogens is 533 g/mol. The van der Waals surface area contributed by atoms with Crippen molar-refractivity contribution in [2.45, 2.75) is 6.61 Å². The van der Waals surface area contributed by atoms with Gasteiger partial charge in [0.2, 0.25) is 0 Å². The number of nitriles is 1. The Balaban J connectivity index is 1.43. The molecule has 0 N–H and O–H groups in total. The molecule has 8 heteroatoms. The Bertz CT molecular complexity index is 1260. The highest BCUT2D eigenvalue weighted by molar-refractivity contribution is 9.10. The van der Waals surface area contributed by atoms with Crippen LogP contribution in [0.15, 0.2) is 76.8 Å². The van der Waals surface area contributed by atoms with Crippen LogP contribution < -0.4 is 9.64 Å². The number of nitrogens with zero attached hydrogens (tertiary/aromatic N) is 3. The second-order valence-corrected chi connectivity index (χ2v) is 9.28. The van der Waals surface area contributed by atoms with Gasteiger partial charge in [0.05, 0.1) is 9.50 Å². The summed E-state index contributed by atoms with van der Waals surface area (Å²) in [6.07, 6.45) is 1.53. The van der Waals surface area contributed by atoms with Gasteiger partial charge in [-0.05, 0) is 69.5 Å². The number of rotatable bonds is 6. The van der Waals surface area contributed by atoms with Crippen LogP contribution in [0.4, 0.5) is 10.1 Å². The Morgan fingerprint density at radius 1 is 1.09 bits per heavy atom. The first kappa shape index (κ1) is 24.8. The predicted octanol–water partition coefficient (Wildman–Crippen LogP) is 6.08. The topological polar surface area (TPSA) is 56.6 Å². The molecule has 1 heterocycles. The number of carbonyl (C=O) groups excluding carboxylic acids is 1. The molecule has 0 saturated carbocycles. The van der Waals surface area contributed by atoms with Crippen molar-refractivity contribution in [2.24, 2.45) is 0 Å². The van der Waals surface area contributed by atoms with Crippen molar-refractivity contribution in [1.29, 1.82) is 5.26 Å². The zero-order valence-corrected chi connectivity index (χ0v) is 21.1. The Hall–Kier alpha value is -3.34. The highest BCUT2D eigenvalue weighted by Gasteiger charge is 2.24. The number of benzene rings is 3. The highest BCUT2D eigenvalue weighted by Crippen LogP contribution is 2.36. The molecule has 0 bridgehead atoms. The van der Waals surface area contributed by atoms with Gasteiger partial charge in [-0.2, -0.15) is 5.26 Å². The molecule has 0 spiro atoms. The number of ether oxygens (including phenoxy) is 1. The van der Waals surface area contributed by atoms with E-state index in [0.717, 1.165) is 5.69 Å². The molecule has 5 nitrogen and oxygen atoms in total. The molecule has 1 saturated heterocycles. The molecule has 35 heavy (non-hydrogen) atoms. The fourth-order valence-electron chi connectivity index (χ4n) is 3.87. The van der Waals surface area contributed by atoms with Crippen LogP contribution in [0.2, 0.25) is 5.02 Å². The van der Waals surface area contributed by atoms with Crippen LogP contribution in [0.1, 0.15) is 11.1 Å². The fraction of sp³-hybridized carbons (Fsp3) is 0.185. The number of anilines is 1. The molecule has 0 aliphatic carbocycles. The molecule has 0 atom stereocenters. The highest BCUT2D eigenvalue weighted by atomic mass is 79.9. The van der Waals surface area contributed by atoms with E-state index in [2.05, 4.69) is 20.8 Å². The van der Waals surface area contributed by atoms with Crippen LogP contribution in [0.25, 0.3) is 6.08 Å². The SMILES string of the molecule is N#C/C(=C/c1cc(Cl)c(OCc2cccc(F)c2)c(Br)c1)C(=O)N1CCN(c2ccccc2)CC1. The van der Waals surface area contributed by atoms with Crippen LogP contribution in [-0.2, 0) is 11.4 Å². The Morgan fingerprint density at radius 2 is 1.83 bits per heavy atom. The number of piperazine rings is 1. The van der Waals surface area contributed by atoms with Gasteiger partial charge in [0.15, 0.2) is 5.75 Å². The van der Waals surface area contributed by atoms with Crippen molar-refractivity contribution in [1.82, 2.24) is 4.90 Å². The van der Waals surface area contributed by atoms with E-state index in [-0.39, 0.29) is 23.9 Å². The van der Waals surface area contributed by atoms with Gasteiger partial charge in [-0.3, -0.25) is 4.79 Å². The van der Waals surface area contributed by atoms with Crippen molar-refractivity contribution >= 4 is 45.2 Å². The number of para-hydroxylation sites is 1. The van der Waals surface area contributed by atoms with Crippen molar-refractivity contribution in [2.75, 3.05) is 31.1 Å². The number of hydrogen-bond donors (Lipinski definition) is 0. The van der Waals surface area contributed by atoms with Crippen LogP contribution in [0, 0.1) is 17.1 Å². The van der Waals surface area contributed by atoms with Crippen LogP contribution in [0.3, 0.4) is 0 Å². The van der Waals surface area contributed by atoms with E-state index < -0.39 is 0 Å². The maximum atomic E-state index is 13.4. The molecule has 0 aromatic heterocycles. The zero-order chi connectivity index (χ0) is 24.8. The summed E-state index contributed by atoms with van der Waals surface area (Å²) in [6, 6.07) is 21.6. The number of amides is 1. The summed E-state index contributed by atoms with van der Waals surface area (Å²) in [6.45, 7) is 2.60. The summed E-state index contributed by atoms with van der Waals surface area (Å²) in [7, 11) is 0. The van der Waals surface area contributed by atoms with E-state index in [1.165, 1.54) is 18.2 Å². The molecule has 3 aromatic carbocycles. The van der Waals surface area contributed by atoms with Crippen LogP contribution in [-0.4, -0.2) is 37.0 Å². The molecule has 3 aromatic rings. The third kappa shape index (κ3) is 6.21. The average molecular weight is 555 g/mol. The minimum Gasteiger partial charge on any atom is -0.486 e. The predicted molar refractivity (Wildman–Crippen MR) is 139 cm³/mol. The second-order valence-electron chi connectivity index (χ2n) is 8.02. The lowest BCUT2D eigenvalue weighted by atomic mass is 10.1. The lowest BCUT2D eigenvalue weighted by molar-refractivity contribution is -0.126. The standard InChI is InChI=1S/C27H22BrClFN3O2/c28-24-15-20(16-25(29)26(24)35-18-19-5-4-6-22(30)14-19)13-21(17-31)27(34)33-11-9-32(10-12-33)23-7-2-1-3-8-23/h1-8,13-16H,9-12,18H2/b21-13-. The molecule has 4 rings (SSSR count). The van der Waals surface area contributed by atoms with Crippen molar-refractivity contribution in [3.8, 4) is 11.8 Å². The summed E-state index contributed by atoms with van der Waals surface area (Å²) in [5.41, 5.74) is 2.42. The molecule has 0 unspecified atom stereocenters. The van der Waals surface area contributed by atoms with Gasteiger partial charge >= 0.3 is 0 Å². The van der Waals surface area contributed by atoms with Crippen molar-refractivity contribution < 1.29 is 13.9 Å². The molecule has 1 aliphatic rings. The van der Waals surface area contributed by atoms with E-state index in [4.69, 9.17) is 16.3 Å². The summed E-state index contributed by atoms with van der Waals surface area (Å²) in [5, 5.41) is 9.98. The van der Waals surface area contributed by atoms with Crippen molar-refractivity contribution in [3.05, 3.63) is 98.7 Å². The summed E-state index contributed by atoms with van der Waals surface area (Å²) < 4.78 is 19.7. The number of carbonyl (C=O) groups is 1. The molecular formula is C27H22BrClFN3O2. The van der Waals surface area contributed by atoms with E-state index in [9.17, 15) is 14.4 Å². The average Bonchev–Trinajstić information content (AvgIpc) is 2.87. The van der Waals surface area contributed by atoms with Gasteiger partial charge in [0.25, 0.3) is 5.91 Å². The van der Waals surface area contributed by atoms with Gasteiger partial charge in [-0.1, -0.05) is 41.9 Å². The van der Waals surface area contributed by atoms with E-state index >= 15 is 0 Å². The summed E-state index contributed by atoms with van der Waals surface area (Å²) in [5.74, 6) is -0.249. The third-order valence-electron chi connectivity index (χ3n) is 5.64. The fourth-order valence-corrected chi connectivity index (χ4v) is 4.86. The van der Waals surface area contributed by atoms with Gasteiger partial charge in [-0.25, -0.2) is 4.39 Å². The van der Waals surface area contributed by atoms with Gasteiger partial charge in [0.1, 0.15) is 24.1 Å². The Labute approximate surface area is 217 Å². The normalized spacial score (nSPS) is 13.9. The largest absolute Gasteiger partial charge is 0.486 e. The molecule has 1 fully saturated rings. The zero-order valence-electron chi connectivity index (χ0n) is 18.8. The van der Waals surface area contributed by atoms with Gasteiger partial charge in [0, 0.05) is 31.9 Å². The van der Waals surface area contributed by atoms with E-state index in [1.54, 1.807) is 29.2 Å². The first-order valence-corrected chi connectivity index (χ1v) is 12.2. The number of hydrogen-bond acceptors (Lipinski definition) is 4. The molecule has 1 amide bonds. The molecule has 1 aliphatic heterocycles. The Kier molecular flexibility index (Phi) is 8.06. The molecule has 178 valence electrons. The first-order valence-electron chi connectivity index (χ1n) is 11.0. The monoisotopic (exact) mass is 553 g/mol. The first-order chi connectivity index (χ1) is 16.9. The third-order valence-corrected chi connectivity index (χ3v) is 6.51. The molecule has 0 radical (unpaired) electrons. The summed E-state index contributed by atoms with van der Waals surface area (Å²) >= 11 is 9.86. The lowest BCUT2D eigenvalue weighted by Gasteiger charge is -2.36. The van der Waals surface area contributed by atoms with Crippen LogP contribution in [0.5, 0.6) is 5.75 Å². The smallest absolute Gasteiger partial charge is 0.264 e. The van der Waals surface area contributed by atoms with Crippen LogP contribution >= 0.6 is 27.5 Å². The second kappa shape index (κ2) is 11.4. The quantitative estimate of drug-likeness (QED) is 0.274. The minimum absolute atomic E-state index is 0.0366. The lowest BCUT2D eigenvalue weighted by Crippen LogP contribution is -2.49. The minimum atomic E-state index is -0.341. The van der Waals surface area contributed by atoms with Gasteiger partial charge < -0.3 is 14.5 Å². The van der Waals surface area contributed by atoms with Crippen molar-refractivity contribution in [3.63, 3.8) is 0 Å². The van der Waals surface area contributed by atoms with Gasteiger partial charge in [-0.15, -0.1) is 0 Å². The maximum absolute atomic E-state index is 13.4.